The molecule has 2 fully saturated rings. The molecule has 1 amide bonds. The van der Waals surface area contributed by atoms with Gasteiger partial charge >= 0.3 is 0 Å². The fourth-order valence-corrected chi connectivity index (χ4v) is 3.58. The zero-order valence-electron chi connectivity index (χ0n) is 14.0. The zero-order valence-corrected chi connectivity index (χ0v) is 14.0. The van der Waals surface area contributed by atoms with Gasteiger partial charge in [-0.25, -0.2) is 9.37 Å². The summed E-state index contributed by atoms with van der Waals surface area (Å²) >= 11 is 0. The molecule has 7 heteroatoms. The van der Waals surface area contributed by atoms with Crippen molar-refractivity contribution in [1.82, 2.24) is 25.0 Å². The Labute approximate surface area is 146 Å². The summed E-state index contributed by atoms with van der Waals surface area (Å²) in [6, 6.07) is 6.41. The highest BCUT2D eigenvalue weighted by atomic mass is 19.1. The molecule has 1 aliphatic heterocycles. The number of rotatable bonds is 6. The monoisotopic (exact) mass is 343 g/mol. The number of amides is 1. The van der Waals surface area contributed by atoms with E-state index in [2.05, 4.69) is 20.3 Å². The minimum Gasteiger partial charge on any atom is -0.352 e. The average molecular weight is 343 g/mol. The molecule has 2 aliphatic rings. The fourth-order valence-electron chi connectivity index (χ4n) is 3.58. The number of nitrogens with one attached hydrogen (secondary N) is 1. The van der Waals surface area contributed by atoms with Crippen molar-refractivity contribution in [3.8, 4) is 0 Å². The van der Waals surface area contributed by atoms with Crippen LogP contribution in [0.2, 0.25) is 0 Å². The lowest BCUT2D eigenvalue weighted by atomic mass is 10.0. The van der Waals surface area contributed by atoms with Crippen molar-refractivity contribution in [3.63, 3.8) is 0 Å². The van der Waals surface area contributed by atoms with E-state index in [1.54, 1.807) is 18.5 Å². The lowest BCUT2D eigenvalue weighted by Crippen LogP contribution is -2.44. The summed E-state index contributed by atoms with van der Waals surface area (Å²) in [5.41, 5.74) is 0.838. The third-order valence-corrected chi connectivity index (χ3v) is 4.98. The highest BCUT2D eigenvalue weighted by Gasteiger charge is 2.38. The van der Waals surface area contributed by atoms with Crippen LogP contribution in [0.4, 0.5) is 4.39 Å². The van der Waals surface area contributed by atoms with Gasteiger partial charge in [0.05, 0.1) is 6.54 Å². The second kappa shape index (κ2) is 6.92. The number of carbonyl (C=O) groups excluding carboxylic acids is 1. The fraction of sp³-hybridized carbons (Fsp3) is 0.500. The van der Waals surface area contributed by atoms with Crippen molar-refractivity contribution in [2.45, 2.75) is 50.4 Å². The van der Waals surface area contributed by atoms with Crippen molar-refractivity contribution in [1.29, 1.82) is 0 Å². The summed E-state index contributed by atoms with van der Waals surface area (Å²) in [5.74, 6) is -0.273. The van der Waals surface area contributed by atoms with Crippen LogP contribution in [0.25, 0.3) is 0 Å². The van der Waals surface area contributed by atoms with Gasteiger partial charge in [0.2, 0.25) is 5.91 Å². The van der Waals surface area contributed by atoms with E-state index < -0.39 is 6.04 Å². The van der Waals surface area contributed by atoms with E-state index in [9.17, 15) is 9.18 Å². The van der Waals surface area contributed by atoms with Crippen LogP contribution in [0.15, 0.2) is 36.9 Å². The van der Waals surface area contributed by atoms with Gasteiger partial charge in [0.1, 0.15) is 24.5 Å². The topological polar surface area (TPSA) is 63.1 Å². The quantitative estimate of drug-likeness (QED) is 0.870. The Balaban J connectivity index is 1.59. The van der Waals surface area contributed by atoms with E-state index in [4.69, 9.17) is 0 Å². The van der Waals surface area contributed by atoms with Crippen LogP contribution in [0.1, 0.15) is 37.3 Å². The SMILES string of the molecule is O=C(NC1CC1)[C@@H](c1ccc(F)cc1)N1CCC[C@@H]1Cn1cncn1. The molecular formula is C18H22FN5O. The van der Waals surface area contributed by atoms with Crippen LogP contribution in [0.3, 0.4) is 0 Å². The molecule has 1 aliphatic carbocycles. The van der Waals surface area contributed by atoms with Crippen molar-refractivity contribution < 1.29 is 9.18 Å². The van der Waals surface area contributed by atoms with Gasteiger partial charge in [0, 0.05) is 12.1 Å². The molecule has 0 bridgehead atoms. The first kappa shape index (κ1) is 16.2. The van der Waals surface area contributed by atoms with Gasteiger partial charge in [0.15, 0.2) is 0 Å². The summed E-state index contributed by atoms with van der Waals surface area (Å²) in [6.07, 6.45) is 7.36. The molecule has 6 nitrogen and oxygen atoms in total. The first-order valence-electron chi connectivity index (χ1n) is 8.85. The number of halogens is 1. The van der Waals surface area contributed by atoms with Crippen molar-refractivity contribution in [2.75, 3.05) is 6.54 Å². The van der Waals surface area contributed by atoms with Crippen LogP contribution < -0.4 is 5.32 Å². The molecule has 1 aromatic heterocycles. The molecule has 2 atom stereocenters. The third kappa shape index (κ3) is 3.71. The Hall–Kier alpha value is -2.28. The number of hydrogen-bond donors (Lipinski definition) is 1. The highest BCUT2D eigenvalue weighted by molar-refractivity contribution is 5.83. The van der Waals surface area contributed by atoms with Gasteiger partial charge < -0.3 is 5.32 Å². The van der Waals surface area contributed by atoms with Crippen molar-refractivity contribution >= 4 is 5.91 Å². The number of carbonyl (C=O) groups is 1. The molecule has 1 N–H and O–H groups in total. The summed E-state index contributed by atoms with van der Waals surface area (Å²) in [6.45, 7) is 1.55. The van der Waals surface area contributed by atoms with Crippen LogP contribution in [0.5, 0.6) is 0 Å². The maximum absolute atomic E-state index is 13.3. The molecule has 0 radical (unpaired) electrons. The van der Waals surface area contributed by atoms with E-state index in [0.29, 0.717) is 12.6 Å². The maximum Gasteiger partial charge on any atom is 0.242 e. The van der Waals surface area contributed by atoms with Gasteiger partial charge in [0.25, 0.3) is 0 Å². The average Bonchev–Trinajstić information content (AvgIpc) is 3.08. The zero-order chi connectivity index (χ0) is 17.2. The summed E-state index contributed by atoms with van der Waals surface area (Å²) in [4.78, 5) is 19.2. The number of likely N-dealkylation sites (tertiary alicyclic amines) is 1. The normalized spacial score (nSPS) is 22.0. The third-order valence-electron chi connectivity index (χ3n) is 4.98. The largest absolute Gasteiger partial charge is 0.352 e. The van der Waals surface area contributed by atoms with Gasteiger partial charge in [-0.1, -0.05) is 12.1 Å². The van der Waals surface area contributed by atoms with E-state index >= 15 is 0 Å². The molecule has 0 spiro atoms. The second-order valence-electron chi connectivity index (χ2n) is 6.89. The molecule has 0 unspecified atom stereocenters. The molecule has 2 heterocycles. The second-order valence-corrected chi connectivity index (χ2v) is 6.89. The van der Waals surface area contributed by atoms with E-state index in [-0.39, 0.29) is 17.8 Å². The number of benzene rings is 1. The summed E-state index contributed by atoms with van der Waals surface area (Å²) in [5, 5.41) is 7.30. The first-order chi connectivity index (χ1) is 12.2. The summed E-state index contributed by atoms with van der Waals surface area (Å²) < 4.78 is 15.2. The molecular weight excluding hydrogens is 321 g/mol. The van der Waals surface area contributed by atoms with E-state index in [1.807, 2.05) is 4.68 Å². The number of aromatic nitrogens is 3. The lowest BCUT2D eigenvalue weighted by molar-refractivity contribution is -0.127. The maximum atomic E-state index is 13.3. The van der Waals surface area contributed by atoms with Crippen LogP contribution in [-0.4, -0.2) is 44.2 Å². The smallest absolute Gasteiger partial charge is 0.242 e. The van der Waals surface area contributed by atoms with Gasteiger partial charge in [-0.3, -0.25) is 14.4 Å². The van der Waals surface area contributed by atoms with Crippen LogP contribution >= 0.6 is 0 Å². The Kier molecular flexibility index (Phi) is 4.48. The standard InChI is InChI=1S/C18H22FN5O/c19-14-5-3-13(4-6-14)17(18(25)22-15-7-8-15)24-9-1-2-16(24)10-23-12-20-11-21-23/h3-6,11-12,15-17H,1-2,7-10H2,(H,22,25)/t16-,17-/m1/s1. The van der Waals surface area contributed by atoms with E-state index in [1.165, 1.54) is 18.5 Å². The molecule has 1 aromatic carbocycles. The van der Waals surface area contributed by atoms with Crippen LogP contribution in [0, 0.1) is 5.82 Å². The Morgan fingerprint density at radius 1 is 1.28 bits per heavy atom. The molecule has 1 saturated heterocycles. The van der Waals surface area contributed by atoms with E-state index in [0.717, 1.165) is 37.8 Å². The molecule has 2 aromatic rings. The Morgan fingerprint density at radius 3 is 2.76 bits per heavy atom. The van der Waals surface area contributed by atoms with Gasteiger partial charge in [-0.05, 0) is 49.9 Å². The Bertz CT molecular complexity index is 714. The van der Waals surface area contributed by atoms with Crippen LogP contribution in [-0.2, 0) is 11.3 Å². The van der Waals surface area contributed by atoms with Gasteiger partial charge in [-0.15, -0.1) is 0 Å². The number of hydrogen-bond acceptors (Lipinski definition) is 4. The molecule has 1 saturated carbocycles. The molecule has 4 rings (SSSR count). The minimum atomic E-state index is -0.391. The predicted molar refractivity (Wildman–Crippen MR) is 90.1 cm³/mol. The Morgan fingerprint density at radius 2 is 2.08 bits per heavy atom. The van der Waals surface area contributed by atoms with Crippen molar-refractivity contribution in [3.05, 3.63) is 48.3 Å². The lowest BCUT2D eigenvalue weighted by Gasteiger charge is -2.32. The highest BCUT2D eigenvalue weighted by Crippen LogP contribution is 2.32. The minimum absolute atomic E-state index is 0.0135. The molecule has 132 valence electrons. The first-order valence-corrected chi connectivity index (χ1v) is 8.85. The van der Waals surface area contributed by atoms with Gasteiger partial charge in [-0.2, -0.15) is 5.10 Å². The van der Waals surface area contributed by atoms with Crippen molar-refractivity contribution in [2.24, 2.45) is 0 Å². The predicted octanol–water partition coefficient (Wildman–Crippen LogP) is 1.90. The number of nitrogens with zero attached hydrogens (tertiary/aromatic N) is 4. The summed E-state index contributed by atoms with van der Waals surface area (Å²) in [7, 11) is 0. The molecule has 25 heavy (non-hydrogen) atoms.